The van der Waals surface area contributed by atoms with Crippen molar-refractivity contribution in [1.29, 1.82) is 0 Å². The van der Waals surface area contributed by atoms with Gasteiger partial charge in [-0.15, -0.1) is 0 Å². The van der Waals surface area contributed by atoms with E-state index in [2.05, 4.69) is 29.4 Å². The Hall–Kier alpha value is -2.63. The molecule has 1 aromatic carbocycles. The number of carbonyl (C=O) groups excluding carboxylic acids is 2. The van der Waals surface area contributed by atoms with Gasteiger partial charge in [-0.2, -0.15) is 5.10 Å². The molecule has 0 N–H and O–H groups in total. The van der Waals surface area contributed by atoms with Gasteiger partial charge in [0.05, 0.1) is 24.9 Å². The lowest BCUT2D eigenvalue weighted by Gasteiger charge is -2.26. The maximum absolute atomic E-state index is 12.1. The maximum Gasteiger partial charge on any atom is 0.341 e. The molecule has 6 heteroatoms. The molecule has 2 aromatic rings. The van der Waals surface area contributed by atoms with Gasteiger partial charge in [0, 0.05) is 25.7 Å². The molecule has 2 unspecified atom stereocenters. The van der Waals surface area contributed by atoms with Gasteiger partial charge in [-0.1, -0.05) is 24.3 Å². The van der Waals surface area contributed by atoms with E-state index < -0.39 is 0 Å². The predicted molar refractivity (Wildman–Crippen MR) is 95.4 cm³/mol. The Morgan fingerprint density at radius 2 is 1.92 bits per heavy atom. The SMILES string of the molecule is CCOC(=O)c1cnn(Cc2ccc(CN3CC4CC4CC3=O)cc2)c1. The Morgan fingerprint density at radius 3 is 2.65 bits per heavy atom. The number of benzene rings is 1. The predicted octanol–water partition coefficient (Wildman–Crippen LogP) is 2.48. The number of nitrogens with zero attached hydrogens (tertiary/aromatic N) is 3. The van der Waals surface area contributed by atoms with Crippen LogP contribution in [0.5, 0.6) is 0 Å². The van der Waals surface area contributed by atoms with Crippen LogP contribution in [0.25, 0.3) is 0 Å². The summed E-state index contributed by atoms with van der Waals surface area (Å²) in [6.45, 7) is 4.33. The average Bonchev–Trinajstić information content (AvgIpc) is 3.21. The third-order valence-corrected chi connectivity index (χ3v) is 5.20. The molecule has 1 saturated carbocycles. The number of esters is 1. The lowest BCUT2D eigenvalue weighted by Crippen LogP contribution is -2.36. The monoisotopic (exact) mass is 353 g/mol. The van der Waals surface area contributed by atoms with E-state index in [0.29, 0.717) is 31.2 Å². The molecule has 1 aliphatic heterocycles. The third-order valence-electron chi connectivity index (χ3n) is 5.20. The van der Waals surface area contributed by atoms with Gasteiger partial charge in [-0.05, 0) is 36.3 Å². The Kier molecular flexibility index (Phi) is 4.49. The molecule has 0 spiro atoms. The van der Waals surface area contributed by atoms with Gasteiger partial charge in [-0.3, -0.25) is 9.48 Å². The van der Waals surface area contributed by atoms with Gasteiger partial charge in [0.1, 0.15) is 0 Å². The first kappa shape index (κ1) is 16.8. The molecule has 0 radical (unpaired) electrons. The number of carbonyl (C=O) groups is 2. The highest BCUT2D eigenvalue weighted by Gasteiger charge is 2.44. The van der Waals surface area contributed by atoms with E-state index in [1.54, 1.807) is 17.8 Å². The summed E-state index contributed by atoms with van der Waals surface area (Å²) in [6, 6.07) is 8.24. The lowest BCUT2D eigenvalue weighted by atomic mass is 10.1. The van der Waals surface area contributed by atoms with Crippen LogP contribution in [0.3, 0.4) is 0 Å². The van der Waals surface area contributed by atoms with E-state index in [0.717, 1.165) is 30.0 Å². The minimum Gasteiger partial charge on any atom is -0.462 e. The first-order chi connectivity index (χ1) is 12.6. The highest BCUT2D eigenvalue weighted by Crippen LogP contribution is 2.45. The van der Waals surface area contributed by atoms with Gasteiger partial charge in [0.2, 0.25) is 5.91 Å². The topological polar surface area (TPSA) is 64.4 Å². The summed E-state index contributed by atoms with van der Waals surface area (Å²) in [4.78, 5) is 25.8. The van der Waals surface area contributed by atoms with E-state index in [9.17, 15) is 9.59 Å². The number of hydrogen-bond donors (Lipinski definition) is 0. The number of rotatable bonds is 6. The van der Waals surface area contributed by atoms with Gasteiger partial charge >= 0.3 is 5.97 Å². The first-order valence-corrected chi connectivity index (χ1v) is 9.17. The fourth-order valence-corrected chi connectivity index (χ4v) is 3.60. The van der Waals surface area contributed by atoms with Crippen molar-refractivity contribution in [2.45, 2.75) is 32.9 Å². The number of ether oxygens (including phenoxy) is 1. The molecule has 26 heavy (non-hydrogen) atoms. The molecule has 1 aromatic heterocycles. The van der Waals surface area contributed by atoms with Crippen molar-refractivity contribution in [2.75, 3.05) is 13.2 Å². The minimum atomic E-state index is -0.349. The molecule has 4 rings (SSSR count). The van der Waals surface area contributed by atoms with Crippen LogP contribution in [-0.2, 0) is 22.6 Å². The van der Waals surface area contributed by atoms with Gasteiger partial charge in [-0.25, -0.2) is 4.79 Å². The average molecular weight is 353 g/mol. The van der Waals surface area contributed by atoms with Crippen LogP contribution in [-0.4, -0.2) is 39.7 Å². The number of fused-ring (bicyclic) bond motifs is 1. The van der Waals surface area contributed by atoms with Crippen molar-refractivity contribution in [3.8, 4) is 0 Å². The van der Waals surface area contributed by atoms with Crippen molar-refractivity contribution < 1.29 is 14.3 Å². The lowest BCUT2D eigenvalue weighted by molar-refractivity contribution is -0.134. The van der Waals surface area contributed by atoms with E-state index in [4.69, 9.17) is 4.74 Å². The van der Waals surface area contributed by atoms with Crippen molar-refractivity contribution in [1.82, 2.24) is 14.7 Å². The van der Waals surface area contributed by atoms with E-state index in [-0.39, 0.29) is 11.9 Å². The molecule has 1 saturated heterocycles. The van der Waals surface area contributed by atoms with Gasteiger partial charge < -0.3 is 9.64 Å². The van der Waals surface area contributed by atoms with E-state index in [1.165, 1.54) is 12.6 Å². The van der Waals surface area contributed by atoms with Crippen LogP contribution in [0.2, 0.25) is 0 Å². The van der Waals surface area contributed by atoms with Gasteiger partial charge in [0.15, 0.2) is 0 Å². The highest BCUT2D eigenvalue weighted by atomic mass is 16.5. The fraction of sp³-hybridized carbons (Fsp3) is 0.450. The van der Waals surface area contributed by atoms with Crippen LogP contribution >= 0.6 is 0 Å². The molecular weight excluding hydrogens is 330 g/mol. The van der Waals surface area contributed by atoms with Crippen LogP contribution in [0.4, 0.5) is 0 Å². The molecule has 1 amide bonds. The van der Waals surface area contributed by atoms with Crippen LogP contribution in [0.1, 0.15) is 41.3 Å². The van der Waals surface area contributed by atoms with Crippen molar-refractivity contribution >= 4 is 11.9 Å². The molecule has 6 nitrogen and oxygen atoms in total. The Morgan fingerprint density at radius 1 is 1.19 bits per heavy atom. The third kappa shape index (κ3) is 3.64. The normalized spacial score (nSPS) is 21.4. The second-order valence-corrected chi connectivity index (χ2v) is 7.20. The smallest absolute Gasteiger partial charge is 0.341 e. The Bertz CT molecular complexity index is 812. The summed E-state index contributed by atoms with van der Waals surface area (Å²) in [6.07, 6.45) is 5.17. The molecule has 2 fully saturated rings. The zero-order valence-electron chi connectivity index (χ0n) is 14.9. The molecule has 136 valence electrons. The van der Waals surface area contributed by atoms with Crippen molar-refractivity contribution in [3.63, 3.8) is 0 Å². The molecule has 2 heterocycles. The zero-order valence-corrected chi connectivity index (χ0v) is 14.9. The standard InChI is InChI=1S/C20H23N3O3/c1-2-26-20(25)18-9-21-23(13-18)11-15-5-3-14(4-6-15)10-22-12-17-7-16(17)8-19(22)24/h3-6,9,13,16-17H,2,7-8,10-12H2,1H3. The molecule has 1 aliphatic carbocycles. The highest BCUT2D eigenvalue weighted by molar-refractivity contribution is 5.88. The maximum atomic E-state index is 12.1. The van der Waals surface area contributed by atoms with Crippen LogP contribution in [0, 0.1) is 11.8 Å². The molecular formula is C20H23N3O3. The van der Waals surface area contributed by atoms with Gasteiger partial charge in [0.25, 0.3) is 0 Å². The van der Waals surface area contributed by atoms with Crippen LogP contribution < -0.4 is 0 Å². The first-order valence-electron chi connectivity index (χ1n) is 9.17. The number of amides is 1. The second kappa shape index (κ2) is 6.94. The number of hydrogen-bond acceptors (Lipinski definition) is 4. The molecule has 2 aliphatic rings. The quantitative estimate of drug-likeness (QED) is 0.749. The Balaban J connectivity index is 1.35. The molecule has 2 atom stereocenters. The van der Waals surface area contributed by atoms with Crippen molar-refractivity contribution in [2.24, 2.45) is 11.8 Å². The second-order valence-electron chi connectivity index (χ2n) is 7.20. The zero-order chi connectivity index (χ0) is 18.1. The van der Waals surface area contributed by atoms with Crippen molar-refractivity contribution in [3.05, 3.63) is 53.3 Å². The summed E-state index contributed by atoms with van der Waals surface area (Å²) >= 11 is 0. The summed E-state index contributed by atoms with van der Waals surface area (Å²) in [5.74, 6) is 1.34. The fourth-order valence-electron chi connectivity index (χ4n) is 3.60. The summed E-state index contributed by atoms with van der Waals surface area (Å²) in [5, 5.41) is 4.22. The van der Waals surface area contributed by atoms with E-state index >= 15 is 0 Å². The number of aromatic nitrogens is 2. The minimum absolute atomic E-state index is 0.288. The number of likely N-dealkylation sites (tertiary alicyclic amines) is 1. The number of piperidine rings is 1. The van der Waals surface area contributed by atoms with E-state index in [1.807, 2.05) is 4.90 Å². The summed E-state index contributed by atoms with van der Waals surface area (Å²) < 4.78 is 6.70. The van der Waals surface area contributed by atoms with Crippen LogP contribution in [0.15, 0.2) is 36.7 Å². The molecule has 0 bridgehead atoms. The largest absolute Gasteiger partial charge is 0.462 e. The summed E-state index contributed by atoms with van der Waals surface area (Å²) in [5.41, 5.74) is 2.71. The summed E-state index contributed by atoms with van der Waals surface area (Å²) in [7, 11) is 0. The Labute approximate surface area is 152 Å².